The predicted molar refractivity (Wildman–Crippen MR) is 137 cm³/mol. The van der Waals surface area contributed by atoms with Crippen LogP contribution in [0, 0.1) is 29.1 Å². The van der Waals surface area contributed by atoms with Crippen molar-refractivity contribution in [1.82, 2.24) is 5.32 Å². The van der Waals surface area contributed by atoms with E-state index in [1.54, 1.807) is 0 Å². The zero-order valence-corrected chi connectivity index (χ0v) is 20.9. The molecule has 2 atom stereocenters. The summed E-state index contributed by atoms with van der Waals surface area (Å²) in [4.78, 5) is 1.19. The van der Waals surface area contributed by atoms with Crippen molar-refractivity contribution in [2.75, 3.05) is 6.54 Å². The van der Waals surface area contributed by atoms with Gasteiger partial charge < -0.3 is 11.1 Å². The summed E-state index contributed by atoms with van der Waals surface area (Å²) in [5, 5.41) is 3.92. The smallest absolute Gasteiger partial charge is 0.0818 e. The molecule has 0 aromatic heterocycles. The Kier molecular flexibility index (Phi) is 5.43. The predicted octanol–water partition coefficient (Wildman–Crippen LogP) is 6.35. The summed E-state index contributed by atoms with van der Waals surface area (Å²) >= 11 is 13.9. The summed E-state index contributed by atoms with van der Waals surface area (Å²) in [6.07, 6.45) is 15.1. The van der Waals surface area contributed by atoms with Gasteiger partial charge in [-0.25, -0.2) is 0 Å². The van der Waals surface area contributed by atoms with Gasteiger partial charge in [0.05, 0.1) is 9.86 Å². The number of nitrogens with one attached hydrogen (secondary N) is 1. The molecule has 2 unspecified atom stereocenters. The molecule has 0 heterocycles. The van der Waals surface area contributed by atoms with Gasteiger partial charge in [-0.1, -0.05) is 55.4 Å². The average molecular weight is 471 g/mol. The highest BCUT2D eigenvalue weighted by atomic mass is 35.5. The number of nitrogens with two attached hydrogens (primary N) is 1. The van der Waals surface area contributed by atoms with Gasteiger partial charge in [0.25, 0.3) is 0 Å². The number of rotatable bonds is 6. The van der Waals surface area contributed by atoms with Gasteiger partial charge in [-0.05, 0) is 105 Å². The Morgan fingerprint density at radius 2 is 1.56 bits per heavy atom. The van der Waals surface area contributed by atoms with Crippen LogP contribution in [-0.2, 0) is 5.41 Å². The lowest BCUT2D eigenvalue weighted by atomic mass is 9.39. The maximum Gasteiger partial charge on any atom is 0.0818 e. The van der Waals surface area contributed by atoms with Crippen molar-refractivity contribution in [3.05, 3.63) is 35.9 Å². The highest BCUT2D eigenvalue weighted by Crippen LogP contribution is 2.72. The van der Waals surface area contributed by atoms with Crippen molar-refractivity contribution >= 4 is 28.8 Å². The average Bonchev–Trinajstić information content (AvgIpc) is 3.62. The first-order chi connectivity index (χ1) is 15.4. The highest BCUT2D eigenvalue weighted by molar-refractivity contribution is 7.80. The van der Waals surface area contributed by atoms with Crippen LogP contribution in [-0.4, -0.2) is 22.4 Å². The summed E-state index contributed by atoms with van der Waals surface area (Å²) in [5.74, 6) is 2.79. The van der Waals surface area contributed by atoms with Gasteiger partial charge in [0.15, 0.2) is 0 Å². The lowest BCUT2D eigenvalue weighted by molar-refractivity contribution is -0.0715. The third-order valence-corrected chi connectivity index (χ3v) is 11.6. The molecular formula is C28H39ClN2S. The van der Waals surface area contributed by atoms with Crippen molar-refractivity contribution in [1.29, 1.82) is 0 Å². The van der Waals surface area contributed by atoms with E-state index < -0.39 is 0 Å². The Morgan fingerprint density at radius 3 is 2.16 bits per heavy atom. The Labute approximate surface area is 204 Å². The molecule has 32 heavy (non-hydrogen) atoms. The molecule has 0 saturated heterocycles. The summed E-state index contributed by atoms with van der Waals surface area (Å²) < 4.78 is 0. The number of hydrogen-bond donors (Lipinski definition) is 2. The zero-order chi connectivity index (χ0) is 22.0. The van der Waals surface area contributed by atoms with Gasteiger partial charge in [0.2, 0.25) is 0 Å². The molecule has 7 rings (SSSR count). The molecule has 0 radical (unpaired) electrons. The van der Waals surface area contributed by atoms with Crippen molar-refractivity contribution in [3.8, 4) is 0 Å². The van der Waals surface area contributed by atoms with Gasteiger partial charge in [0, 0.05) is 11.5 Å². The standard InChI is InChI=1S/C28H39ClN2S/c29-28(12-19-6-7-19)22-13-26(21-4-2-1-3-5-21)14-23(28)16-27(15-22,18-26)25(32)31-24-10-8-20(17-30)9-11-24/h1-5,19-20,22-24H,6-18,30H2,(H,31,32)/t20-,22?,23?,24-,26?,27?,28?. The van der Waals surface area contributed by atoms with Crippen molar-refractivity contribution in [2.45, 2.75) is 93.4 Å². The minimum Gasteiger partial charge on any atom is -0.376 e. The first-order valence-electron chi connectivity index (χ1n) is 13.2. The van der Waals surface area contributed by atoms with E-state index in [2.05, 4.69) is 35.6 Å². The van der Waals surface area contributed by atoms with Crippen LogP contribution in [0.15, 0.2) is 30.3 Å². The molecular weight excluding hydrogens is 432 g/mol. The summed E-state index contributed by atoms with van der Waals surface area (Å²) in [7, 11) is 0. The second-order valence-corrected chi connectivity index (χ2v) is 13.4. The van der Waals surface area contributed by atoms with Crippen LogP contribution in [0.4, 0.5) is 0 Å². The van der Waals surface area contributed by atoms with Crippen LogP contribution >= 0.6 is 23.8 Å². The van der Waals surface area contributed by atoms with Crippen LogP contribution in [0.3, 0.4) is 0 Å². The molecule has 3 N–H and O–H groups in total. The van der Waals surface area contributed by atoms with Gasteiger partial charge >= 0.3 is 0 Å². The van der Waals surface area contributed by atoms with Crippen LogP contribution < -0.4 is 11.1 Å². The molecule has 2 nitrogen and oxygen atoms in total. The molecule has 174 valence electrons. The van der Waals surface area contributed by atoms with E-state index in [-0.39, 0.29) is 15.7 Å². The molecule has 0 amide bonds. The fourth-order valence-corrected chi connectivity index (χ4v) is 9.45. The molecule has 4 bridgehead atoms. The molecule has 6 fully saturated rings. The van der Waals surface area contributed by atoms with E-state index in [0.717, 1.165) is 12.5 Å². The largest absolute Gasteiger partial charge is 0.376 e. The van der Waals surface area contributed by atoms with Gasteiger partial charge in [-0.2, -0.15) is 0 Å². The van der Waals surface area contributed by atoms with E-state index in [1.807, 2.05) is 0 Å². The van der Waals surface area contributed by atoms with Crippen molar-refractivity contribution < 1.29 is 0 Å². The van der Waals surface area contributed by atoms with Gasteiger partial charge in [0.1, 0.15) is 0 Å². The van der Waals surface area contributed by atoms with Crippen LogP contribution in [0.2, 0.25) is 0 Å². The van der Waals surface area contributed by atoms with Crippen molar-refractivity contribution in [3.63, 3.8) is 0 Å². The Balaban J connectivity index is 1.28. The highest BCUT2D eigenvalue weighted by Gasteiger charge is 2.68. The molecule has 0 spiro atoms. The fraction of sp³-hybridized carbons (Fsp3) is 0.750. The topological polar surface area (TPSA) is 38.0 Å². The van der Waals surface area contributed by atoms with E-state index in [9.17, 15) is 0 Å². The van der Waals surface area contributed by atoms with E-state index in [1.165, 1.54) is 87.6 Å². The fourth-order valence-electron chi connectivity index (χ4n) is 8.52. The van der Waals surface area contributed by atoms with Crippen LogP contribution in [0.1, 0.15) is 82.6 Å². The van der Waals surface area contributed by atoms with E-state index in [4.69, 9.17) is 29.6 Å². The monoisotopic (exact) mass is 470 g/mol. The normalized spacial score (nSPS) is 45.1. The number of thiocarbonyl (C=S) groups is 1. The first-order valence-corrected chi connectivity index (χ1v) is 14.0. The second-order valence-electron chi connectivity index (χ2n) is 12.3. The van der Waals surface area contributed by atoms with Crippen LogP contribution in [0.5, 0.6) is 0 Å². The minimum absolute atomic E-state index is 0.0121. The van der Waals surface area contributed by atoms with Gasteiger partial charge in [-0.15, -0.1) is 11.6 Å². The summed E-state index contributed by atoms with van der Waals surface area (Å²) in [6, 6.07) is 11.9. The molecule has 6 aliphatic rings. The second kappa shape index (κ2) is 7.95. The van der Waals surface area contributed by atoms with E-state index >= 15 is 0 Å². The summed E-state index contributed by atoms with van der Waals surface area (Å²) in [6.45, 7) is 0.836. The zero-order valence-electron chi connectivity index (χ0n) is 19.3. The number of halogens is 1. The molecule has 4 heteroatoms. The maximum atomic E-state index is 7.63. The molecule has 1 aromatic carbocycles. The lowest BCUT2D eigenvalue weighted by Gasteiger charge is -2.68. The number of alkyl halides is 1. The quantitative estimate of drug-likeness (QED) is 0.376. The molecule has 1 aromatic rings. The maximum absolute atomic E-state index is 7.63. The lowest BCUT2D eigenvalue weighted by Crippen LogP contribution is -2.66. The number of hydrogen-bond acceptors (Lipinski definition) is 2. The molecule has 6 saturated carbocycles. The SMILES string of the molecule is NC[C@H]1CC[C@H](NC(=S)C23CC4CC(c5ccccc5)(CC(C2)C4(Cl)CC2CC2)C3)CC1. The minimum atomic E-state index is 0.0121. The molecule has 0 aliphatic heterocycles. The third-order valence-electron chi connectivity index (χ3n) is 10.3. The Morgan fingerprint density at radius 1 is 0.938 bits per heavy atom. The third kappa shape index (κ3) is 3.57. The van der Waals surface area contributed by atoms with Crippen molar-refractivity contribution in [2.24, 2.45) is 34.8 Å². The van der Waals surface area contributed by atoms with E-state index in [0.29, 0.717) is 23.8 Å². The number of benzene rings is 1. The van der Waals surface area contributed by atoms with Gasteiger partial charge in [-0.3, -0.25) is 0 Å². The molecule has 6 aliphatic carbocycles. The summed E-state index contributed by atoms with van der Waals surface area (Å²) in [5.41, 5.74) is 7.87. The first kappa shape index (κ1) is 21.9. The Bertz CT molecular complexity index is 841. The Hall–Kier alpha value is -0.640. The van der Waals surface area contributed by atoms with Crippen LogP contribution in [0.25, 0.3) is 0 Å².